The lowest BCUT2D eigenvalue weighted by Gasteiger charge is -2.03. The van der Waals surface area contributed by atoms with Crippen LogP contribution in [-0.4, -0.2) is 21.9 Å². The van der Waals surface area contributed by atoms with Gasteiger partial charge in [-0.15, -0.1) is 0 Å². The fourth-order valence-corrected chi connectivity index (χ4v) is 3.32. The minimum atomic E-state index is -0.00152. The summed E-state index contributed by atoms with van der Waals surface area (Å²) >= 11 is 2.78. The second kappa shape index (κ2) is 7.36. The summed E-state index contributed by atoms with van der Waals surface area (Å²) in [5.74, 6) is 1.67. The number of rotatable bonds is 5. The first-order valence-electron chi connectivity index (χ1n) is 6.22. The Bertz CT molecular complexity index is 579. The molecule has 0 saturated carbocycles. The van der Waals surface area contributed by atoms with E-state index in [1.54, 1.807) is 23.9 Å². The van der Waals surface area contributed by atoms with Crippen LogP contribution in [-0.2, 0) is 4.79 Å². The van der Waals surface area contributed by atoms with E-state index in [2.05, 4.69) is 11.6 Å². The highest BCUT2D eigenvalue weighted by Gasteiger charge is 2.21. The number of carbonyl (C=O) groups is 1. The van der Waals surface area contributed by atoms with Crippen LogP contribution in [0.4, 0.5) is 0 Å². The van der Waals surface area contributed by atoms with Crippen LogP contribution in [0.25, 0.3) is 6.08 Å². The molecule has 1 aromatic rings. The van der Waals surface area contributed by atoms with Crippen molar-refractivity contribution in [1.29, 1.82) is 0 Å². The largest absolute Gasteiger partial charge is 0.490 e. The predicted molar refractivity (Wildman–Crippen MR) is 88.3 cm³/mol. The van der Waals surface area contributed by atoms with Gasteiger partial charge in [0.2, 0.25) is 5.12 Å². The van der Waals surface area contributed by atoms with Crippen molar-refractivity contribution in [2.24, 2.45) is 4.99 Å². The van der Waals surface area contributed by atoms with E-state index in [-0.39, 0.29) is 5.12 Å². The second-order valence-corrected chi connectivity index (χ2v) is 6.37. The Labute approximate surface area is 127 Å². The van der Waals surface area contributed by atoms with E-state index in [0.29, 0.717) is 12.3 Å². The summed E-state index contributed by atoms with van der Waals surface area (Å²) in [6.07, 6.45) is 3.49. The number of aliphatic imine (C=N–C) groups is 1. The number of ether oxygens (including phenoxy) is 1. The number of thioether (sulfide) groups is 2. The lowest BCUT2D eigenvalue weighted by atomic mass is 10.2. The fourth-order valence-electron chi connectivity index (χ4n) is 1.58. The van der Waals surface area contributed by atoms with Gasteiger partial charge in [-0.05, 0) is 41.3 Å². The van der Waals surface area contributed by atoms with Crippen molar-refractivity contribution < 1.29 is 9.53 Å². The quantitative estimate of drug-likeness (QED) is 0.609. The lowest BCUT2D eigenvalue weighted by molar-refractivity contribution is -0.107. The summed E-state index contributed by atoms with van der Waals surface area (Å²) < 4.78 is 6.29. The minimum absolute atomic E-state index is 0.00152. The van der Waals surface area contributed by atoms with E-state index in [9.17, 15) is 4.79 Å². The van der Waals surface area contributed by atoms with Gasteiger partial charge < -0.3 is 4.74 Å². The molecule has 2 rings (SSSR count). The second-order valence-electron chi connectivity index (χ2n) is 3.90. The molecule has 3 nitrogen and oxygen atoms in total. The molecule has 0 bridgehead atoms. The molecule has 1 aliphatic rings. The standard InChI is InChI=1S/C15H15NO2S2/c1-3-8-18-12-7-5-6-11(9-12)10-13-14(17)20-15(16-13)19-4-2/h3,5-7,9-10H,1,4,8H2,2H3/b13-10+. The van der Waals surface area contributed by atoms with Gasteiger partial charge in [0.1, 0.15) is 22.4 Å². The van der Waals surface area contributed by atoms with Crippen molar-refractivity contribution >= 4 is 39.1 Å². The van der Waals surface area contributed by atoms with E-state index in [0.717, 1.165) is 21.4 Å². The van der Waals surface area contributed by atoms with Crippen molar-refractivity contribution in [3.63, 3.8) is 0 Å². The summed E-state index contributed by atoms with van der Waals surface area (Å²) in [5.41, 5.74) is 1.40. The Morgan fingerprint density at radius 3 is 3.10 bits per heavy atom. The van der Waals surface area contributed by atoms with Crippen LogP contribution in [0.15, 0.2) is 47.6 Å². The van der Waals surface area contributed by atoms with Crippen molar-refractivity contribution in [2.75, 3.05) is 12.4 Å². The molecular formula is C15H15NO2S2. The summed E-state index contributed by atoms with van der Waals surface area (Å²) in [7, 11) is 0. The zero-order valence-electron chi connectivity index (χ0n) is 11.2. The van der Waals surface area contributed by atoms with Gasteiger partial charge in [-0.1, -0.05) is 43.5 Å². The minimum Gasteiger partial charge on any atom is -0.490 e. The number of nitrogens with zero attached hydrogens (tertiary/aromatic N) is 1. The highest BCUT2D eigenvalue weighted by Crippen LogP contribution is 2.31. The molecule has 0 amide bonds. The first-order chi connectivity index (χ1) is 9.72. The first kappa shape index (κ1) is 14.9. The fraction of sp³-hybridized carbons (Fsp3) is 0.200. The SMILES string of the molecule is C=CCOc1cccc(/C=C2/N=C(SCC)SC2=O)c1. The maximum atomic E-state index is 11.8. The molecule has 0 saturated heterocycles. The molecule has 1 aliphatic heterocycles. The molecule has 1 heterocycles. The normalized spacial score (nSPS) is 16.4. The van der Waals surface area contributed by atoms with Crippen LogP contribution in [0.5, 0.6) is 5.75 Å². The van der Waals surface area contributed by atoms with Gasteiger partial charge >= 0.3 is 0 Å². The van der Waals surface area contributed by atoms with Crippen LogP contribution in [0.2, 0.25) is 0 Å². The average Bonchev–Trinajstić information content (AvgIpc) is 2.77. The highest BCUT2D eigenvalue weighted by atomic mass is 32.2. The average molecular weight is 305 g/mol. The maximum absolute atomic E-state index is 11.8. The zero-order chi connectivity index (χ0) is 14.4. The van der Waals surface area contributed by atoms with Crippen LogP contribution >= 0.6 is 23.5 Å². The summed E-state index contributed by atoms with van der Waals surface area (Å²) in [6, 6.07) is 7.57. The summed E-state index contributed by atoms with van der Waals surface area (Å²) in [4.78, 5) is 16.2. The molecule has 0 unspecified atom stereocenters. The highest BCUT2D eigenvalue weighted by molar-refractivity contribution is 8.45. The number of carbonyl (C=O) groups excluding carboxylic acids is 1. The molecule has 1 aromatic carbocycles. The monoisotopic (exact) mass is 305 g/mol. The molecule has 0 atom stereocenters. The lowest BCUT2D eigenvalue weighted by Crippen LogP contribution is -1.93. The van der Waals surface area contributed by atoms with Gasteiger partial charge in [0.05, 0.1) is 0 Å². The molecule has 0 aliphatic carbocycles. The molecular weight excluding hydrogens is 290 g/mol. The first-order valence-corrected chi connectivity index (χ1v) is 8.02. The van der Waals surface area contributed by atoms with Crippen LogP contribution in [0.1, 0.15) is 12.5 Å². The Hall–Kier alpha value is -1.46. The van der Waals surface area contributed by atoms with E-state index in [1.165, 1.54) is 11.8 Å². The molecule has 5 heteroatoms. The zero-order valence-corrected chi connectivity index (χ0v) is 12.8. The summed E-state index contributed by atoms with van der Waals surface area (Å²) in [5, 5.41) is -0.00152. The molecule has 0 fully saturated rings. The Balaban J connectivity index is 2.17. The third kappa shape index (κ3) is 4.02. The van der Waals surface area contributed by atoms with Crippen LogP contribution in [0, 0.1) is 0 Å². The van der Waals surface area contributed by atoms with Crippen LogP contribution < -0.4 is 4.74 Å². The Morgan fingerprint density at radius 2 is 2.35 bits per heavy atom. The van der Waals surface area contributed by atoms with Crippen molar-refractivity contribution in [2.45, 2.75) is 6.92 Å². The number of hydrogen-bond donors (Lipinski definition) is 0. The van der Waals surface area contributed by atoms with Gasteiger partial charge in [-0.2, -0.15) is 0 Å². The van der Waals surface area contributed by atoms with E-state index in [4.69, 9.17) is 4.74 Å². The van der Waals surface area contributed by atoms with Gasteiger partial charge in [0, 0.05) is 0 Å². The van der Waals surface area contributed by atoms with E-state index >= 15 is 0 Å². The molecule has 0 aromatic heterocycles. The van der Waals surface area contributed by atoms with Crippen LogP contribution in [0.3, 0.4) is 0 Å². The Morgan fingerprint density at radius 1 is 1.50 bits per heavy atom. The molecule has 0 radical (unpaired) electrons. The molecule has 20 heavy (non-hydrogen) atoms. The maximum Gasteiger partial charge on any atom is 0.244 e. The summed E-state index contributed by atoms with van der Waals surface area (Å²) in [6.45, 7) is 6.12. The van der Waals surface area contributed by atoms with Crippen molar-refractivity contribution in [1.82, 2.24) is 0 Å². The predicted octanol–water partition coefficient (Wildman–Crippen LogP) is 3.97. The third-order valence-corrected chi connectivity index (χ3v) is 4.29. The smallest absolute Gasteiger partial charge is 0.244 e. The number of hydrogen-bond acceptors (Lipinski definition) is 5. The van der Waals surface area contributed by atoms with Gasteiger partial charge in [0.25, 0.3) is 0 Å². The molecule has 0 spiro atoms. The molecule has 0 N–H and O–H groups in total. The number of benzene rings is 1. The van der Waals surface area contributed by atoms with Crippen molar-refractivity contribution in [3.05, 3.63) is 48.2 Å². The van der Waals surface area contributed by atoms with E-state index < -0.39 is 0 Å². The molecule has 104 valence electrons. The Kier molecular flexibility index (Phi) is 5.49. The van der Waals surface area contributed by atoms with Gasteiger partial charge in [-0.25, -0.2) is 4.99 Å². The van der Waals surface area contributed by atoms with E-state index in [1.807, 2.05) is 31.2 Å². The van der Waals surface area contributed by atoms with Crippen molar-refractivity contribution in [3.8, 4) is 5.75 Å². The van der Waals surface area contributed by atoms with Gasteiger partial charge in [-0.3, -0.25) is 4.79 Å². The topological polar surface area (TPSA) is 38.7 Å². The van der Waals surface area contributed by atoms with Gasteiger partial charge in [0.15, 0.2) is 0 Å². The third-order valence-electron chi connectivity index (χ3n) is 2.40.